The third kappa shape index (κ3) is 3.10. The van der Waals surface area contributed by atoms with Gasteiger partial charge in [0.15, 0.2) is 0 Å². The number of phenolic OH excluding ortho intramolecular Hbond substituents is 1. The molecule has 0 saturated heterocycles. The highest BCUT2D eigenvalue weighted by Crippen LogP contribution is 2.25. The van der Waals surface area contributed by atoms with E-state index in [4.69, 9.17) is 4.74 Å². The number of para-hydroxylation sites is 1. The van der Waals surface area contributed by atoms with Crippen molar-refractivity contribution in [3.63, 3.8) is 0 Å². The number of hydrogen-bond donors (Lipinski definition) is 1. The third-order valence-electron chi connectivity index (χ3n) is 3.45. The zero-order valence-corrected chi connectivity index (χ0v) is 11.1. The molecule has 1 saturated carbocycles. The van der Waals surface area contributed by atoms with Gasteiger partial charge in [-0.15, -0.1) is 0 Å². The summed E-state index contributed by atoms with van der Waals surface area (Å²) < 4.78 is 5.60. The molecule has 3 nitrogen and oxygen atoms in total. The number of benzene rings is 1. The van der Waals surface area contributed by atoms with Crippen molar-refractivity contribution >= 4 is 6.21 Å². The van der Waals surface area contributed by atoms with Crippen LogP contribution < -0.4 is 0 Å². The fourth-order valence-corrected chi connectivity index (χ4v) is 2.41. The first-order valence-electron chi connectivity index (χ1n) is 6.64. The minimum atomic E-state index is 0.334. The molecule has 98 valence electrons. The molecule has 1 aromatic rings. The van der Waals surface area contributed by atoms with Gasteiger partial charge in [0.2, 0.25) is 0 Å². The van der Waals surface area contributed by atoms with Crippen molar-refractivity contribution < 1.29 is 9.84 Å². The molecule has 0 spiro atoms. The number of phenols is 1. The molecule has 0 heterocycles. The predicted molar refractivity (Wildman–Crippen MR) is 73.5 cm³/mol. The average molecular weight is 247 g/mol. The summed E-state index contributed by atoms with van der Waals surface area (Å²) in [5, 5.41) is 9.89. The van der Waals surface area contributed by atoms with Crippen molar-refractivity contribution in [1.82, 2.24) is 0 Å². The lowest BCUT2D eigenvalue weighted by atomic mass is 10.1. The minimum Gasteiger partial charge on any atom is -0.507 e. The summed E-state index contributed by atoms with van der Waals surface area (Å²) in [4.78, 5) is 4.56. The summed E-state index contributed by atoms with van der Waals surface area (Å²) in [6, 6.07) is 6.06. The largest absolute Gasteiger partial charge is 0.507 e. The van der Waals surface area contributed by atoms with E-state index in [2.05, 4.69) is 4.99 Å². The van der Waals surface area contributed by atoms with Crippen LogP contribution in [0.2, 0.25) is 0 Å². The van der Waals surface area contributed by atoms with Crippen LogP contribution in [0.3, 0.4) is 0 Å². The average Bonchev–Trinajstić information content (AvgIpc) is 2.79. The number of hydrogen-bond acceptors (Lipinski definition) is 3. The van der Waals surface area contributed by atoms with Gasteiger partial charge in [-0.05, 0) is 44.7 Å². The molecular weight excluding hydrogens is 226 g/mol. The van der Waals surface area contributed by atoms with Gasteiger partial charge in [0, 0.05) is 18.4 Å². The molecule has 1 aromatic carbocycles. The SMILES string of the molecule is CCOC1CCC(N=Cc2cccc(C)c2O)C1. The van der Waals surface area contributed by atoms with Crippen molar-refractivity contribution in [2.75, 3.05) is 6.61 Å². The van der Waals surface area contributed by atoms with E-state index in [9.17, 15) is 5.11 Å². The van der Waals surface area contributed by atoms with Gasteiger partial charge in [-0.3, -0.25) is 4.99 Å². The monoisotopic (exact) mass is 247 g/mol. The van der Waals surface area contributed by atoms with Crippen molar-refractivity contribution in [2.45, 2.75) is 45.3 Å². The molecular formula is C15H21NO2. The number of nitrogens with zero attached hydrogens (tertiary/aromatic N) is 1. The molecule has 0 aliphatic heterocycles. The Hall–Kier alpha value is -1.35. The van der Waals surface area contributed by atoms with Crippen molar-refractivity contribution in [3.8, 4) is 5.75 Å². The molecule has 1 aliphatic carbocycles. The number of aryl methyl sites for hydroxylation is 1. The highest BCUT2D eigenvalue weighted by atomic mass is 16.5. The Labute approximate surface area is 109 Å². The Bertz CT molecular complexity index is 429. The Morgan fingerprint density at radius 1 is 1.44 bits per heavy atom. The smallest absolute Gasteiger partial charge is 0.127 e. The highest BCUT2D eigenvalue weighted by molar-refractivity contribution is 5.84. The summed E-state index contributed by atoms with van der Waals surface area (Å²) in [5.74, 6) is 0.334. The van der Waals surface area contributed by atoms with E-state index in [1.54, 1.807) is 6.21 Å². The molecule has 0 amide bonds. The second-order valence-corrected chi connectivity index (χ2v) is 4.84. The zero-order chi connectivity index (χ0) is 13.0. The van der Waals surface area contributed by atoms with Gasteiger partial charge in [-0.1, -0.05) is 12.1 Å². The molecule has 2 unspecified atom stereocenters. The summed E-state index contributed by atoms with van der Waals surface area (Å²) >= 11 is 0. The lowest BCUT2D eigenvalue weighted by Crippen LogP contribution is -2.09. The lowest BCUT2D eigenvalue weighted by molar-refractivity contribution is 0.0676. The summed E-state index contributed by atoms with van der Waals surface area (Å²) in [6.45, 7) is 4.70. The molecule has 0 bridgehead atoms. The van der Waals surface area contributed by atoms with Gasteiger partial charge in [0.05, 0.1) is 12.1 Å². The first-order chi connectivity index (χ1) is 8.70. The number of ether oxygens (including phenoxy) is 1. The van der Waals surface area contributed by atoms with Gasteiger partial charge in [-0.2, -0.15) is 0 Å². The van der Waals surface area contributed by atoms with Crippen LogP contribution in [0, 0.1) is 6.92 Å². The molecule has 2 rings (SSSR count). The van der Waals surface area contributed by atoms with Crippen LogP contribution in [-0.4, -0.2) is 30.1 Å². The molecule has 18 heavy (non-hydrogen) atoms. The fourth-order valence-electron chi connectivity index (χ4n) is 2.41. The number of rotatable bonds is 4. The second kappa shape index (κ2) is 6.01. The zero-order valence-electron chi connectivity index (χ0n) is 11.1. The first kappa shape index (κ1) is 13.1. The lowest BCUT2D eigenvalue weighted by Gasteiger charge is -2.08. The van der Waals surface area contributed by atoms with Crippen LogP contribution in [-0.2, 0) is 4.74 Å². The predicted octanol–water partition coefficient (Wildman–Crippen LogP) is 3.08. The topological polar surface area (TPSA) is 41.8 Å². The van der Waals surface area contributed by atoms with E-state index in [-0.39, 0.29) is 0 Å². The van der Waals surface area contributed by atoms with Gasteiger partial charge >= 0.3 is 0 Å². The van der Waals surface area contributed by atoms with E-state index in [0.29, 0.717) is 17.9 Å². The van der Waals surface area contributed by atoms with Crippen LogP contribution in [0.4, 0.5) is 0 Å². The Morgan fingerprint density at radius 3 is 3.06 bits per heavy atom. The van der Waals surface area contributed by atoms with Gasteiger partial charge in [0.1, 0.15) is 5.75 Å². The van der Waals surface area contributed by atoms with E-state index in [1.165, 1.54) is 0 Å². The van der Waals surface area contributed by atoms with Crippen molar-refractivity contribution in [1.29, 1.82) is 0 Å². The molecule has 2 atom stereocenters. The number of aromatic hydroxyl groups is 1. The maximum atomic E-state index is 9.89. The van der Waals surface area contributed by atoms with Gasteiger partial charge in [0.25, 0.3) is 0 Å². The Balaban J connectivity index is 1.97. The number of aliphatic imine (C=N–C) groups is 1. The minimum absolute atomic E-state index is 0.334. The molecule has 0 aromatic heterocycles. The van der Waals surface area contributed by atoms with Crippen molar-refractivity contribution in [3.05, 3.63) is 29.3 Å². The van der Waals surface area contributed by atoms with E-state index >= 15 is 0 Å². The van der Waals surface area contributed by atoms with E-state index in [0.717, 1.165) is 37.0 Å². The maximum absolute atomic E-state index is 9.89. The van der Waals surface area contributed by atoms with E-state index in [1.807, 2.05) is 32.0 Å². The molecule has 1 fully saturated rings. The summed E-state index contributed by atoms with van der Waals surface area (Å²) in [6.07, 6.45) is 5.32. The van der Waals surface area contributed by atoms with Gasteiger partial charge < -0.3 is 9.84 Å². The molecule has 1 N–H and O–H groups in total. The van der Waals surface area contributed by atoms with Crippen LogP contribution >= 0.6 is 0 Å². The third-order valence-corrected chi connectivity index (χ3v) is 3.45. The summed E-state index contributed by atoms with van der Waals surface area (Å²) in [5.41, 5.74) is 1.69. The molecule has 0 radical (unpaired) electrons. The van der Waals surface area contributed by atoms with Crippen LogP contribution in [0.25, 0.3) is 0 Å². The highest BCUT2D eigenvalue weighted by Gasteiger charge is 2.23. The Morgan fingerprint density at radius 2 is 2.28 bits per heavy atom. The van der Waals surface area contributed by atoms with Crippen molar-refractivity contribution in [2.24, 2.45) is 4.99 Å². The normalized spacial score (nSPS) is 23.9. The van der Waals surface area contributed by atoms with Crippen LogP contribution in [0.15, 0.2) is 23.2 Å². The molecule has 3 heteroatoms. The molecule has 1 aliphatic rings. The second-order valence-electron chi connectivity index (χ2n) is 4.84. The first-order valence-corrected chi connectivity index (χ1v) is 6.64. The summed E-state index contributed by atoms with van der Waals surface area (Å²) in [7, 11) is 0. The van der Waals surface area contributed by atoms with Crippen LogP contribution in [0.5, 0.6) is 5.75 Å². The van der Waals surface area contributed by atoms with Crippen LogP contribution in [0.1, 0.15) is 37.3 Å². The quantitative estimate of drug-likeness (QED) is 0.831. The maximum Gasteiger partial charge on any atom is 0.127 e. The standard InChI is InChI=1S/C15H21NO2/c1-3-18-14-8-7-13(9-14)16-10-12-6-4-5-11(2)15(12)17/h4-6,10,13-14,17H,3,7-9H2,1-2H3. The van der Waals surface area contributed by atoms with E-state index < -0.39 is 0 Å². The van der Waals surface area contributed by atoms with Gasteiger partial charge in [-0.25, -0.2) is 0 Å². The fraction of sp³-hybridized carbons (Fsp3) is 0.533. The Kier molecular flexibility index (Phi) is 4.37.